The van der Waals surface area contributed by atoms with Gasteiger partial charge in [0.05, 0.1) is 12.6 Å². The van der Waals surface area contributed by atoms with E-state index in [1.54, 1.807) is 48.7 Å². The largest absolute Gasteiger partial charge is 0.508 e. The monoisotopic (exact) mass is 368 g/mol. The van der Waals surface area contributed by atoms with E-state index in [9.17, 15) is 15.0 Å². The maximum absolute atomic E-state index is 12.0. The molecule has 1 amide bonds. The van der Waals surface area contributed by atoms with Crippen LogP contribution in [-0.2, 0) is 11.2 Å². The van der Waals surface area contributed by atoms with Gasteiger partial charge in [0.2, 0.25) is 5.91 Å². The number of nitrogens with zero attached hydrogens (tertiary/aromatic N) is 3. The van der Waals surface area contributed by atoms with Crippen LogP contribution in [0.1, 0.15) is 11.1 Å². The first-order valence-electron chi connectivity index (χ1n) is 8.87. The Balaban J connectivity index is 1.65. The third-order valence-corrected chi connectivity index (χ3v) is 4.53. The van der Waals surface area contributed by atoms with Gasteiger partial charge in [0.1, 0.15) is 11.5 Å². The van der Waals surface area contributed by atoms with Crippen molar-refractivity contribution in [3.05, 3.63) is 53.6 Å². The summed E-state index contributed by atoms with van der Waals surface area (Å²) in [4.78, 5) is 16.5. The Morgan fingerprint density at radius 2 is 1.85 bits per heavy atom. The molecule has 0 unspecified atom stereocenters. The van der Waals surface area contributed by atoms with Gasteiger partial charge < -0.3 is 20.0 Å². The fourth-order valence-corrected chi connectivity index (χ4v) is 3.03. The minimum atomic E-state index is -0.267. The predicted octanol–water partition coefficient (Wildman–Crippen LogP) is 1.54. The van der Waals surface area contributed by atoms with Crippen LogP contribution in [0, 0.1) is 0 Å². The second kappa shape index (κ2) is 8.55. The van der Waals surface area contributed by atoms with Crippen molar-refractivity contribution in [2.75, 3.05) is 38.1 Å². The summed E-state index contributed by atoms with van der Waals surface area (Å²) in [7, 11) is 2.09. The molecule has 3 N–H and O–H groups in total. The maximum atomic E-state index is 12.0. The number of benzene rings is 2. The van der Waals surface area contributed by atoms with Crippen LogP contribution in [0.15, 0.2) is 47.6 Å². The number of amides is 1. The van der Waals surface area contributed by atoms with Gasteiger partial charge in [-0.05, 0) is 36.9 Å². The molecule has 0 atom stereocenters. The molecule has 1 saturated heterocycles. The molecule has 142 valence electrons. The molecule has 1 aliphatic heterocycles. The summed E-state index contributed by atoms with van der Waals surface area (Å²) in [6, 6.07) is 11.7. The van der Waals surface area contributed by atoms with Gasteiger partial charge in [-0.2, -0.15) is 5.10 Å². The van der Waals surface area contributed by atoms with Crippen molar-refractivity contribution in [2.24, 2.45) is 5.10 Å². The predicted molar refractivity (Wildman–Crippen MR) is 105 cm³/mol. The molecule has 0 saturated carbocycles. The first-order chi connectivity index (χ1) is 13.0. The molecule has 3 rings (SSSR count). The molecule has 2 aromatic rings. The highest BCUT2D eigenvalue weighted by atomic mass is 16.3. The van der Waals surface area contributed by atoms with Crippen molar-refractivity contribution in [3.63, 3.8) is 0 Å². The van der Waals surface area contributed by atoms with Gasteiger partial charge in [0, 0.05) is 43.5 Å². The van der Waals surface area contributed by atoms with E-state index in [1.165, 1.54) is 0 Å². The van der Waals surface area contributed by atoms with E-state index in [2.05, 4.69) is 27.4 Å². The van der Waals surface area contributed by atoms with E-state index >= 15 is 0 Å². The number of aromatic hydroxyl groups is 2. The fourth-order valence-electron chi connectivity index (χ4n) is 3.03. The van der Waals surface area contributed by atoms with E-state index in [0.717, 1.165) is 37.4 Å². The van der Waals surface area contributed by atoms with Crippen molar-refractivity contribution in [1.29, 1.82) is 0 Å². The van der Waals surface area contributed by atoms with Crippen molar-refractivity contribution in [3.8, 4) is 11.5 Å². The highest BCUT2D eigenvalue weighted by Gasteiger charge is 2.17. The van der Waals surface area contributed by atoms with Crippen molar-refractivity contribution < 1.29 is 15.0 Å². The van der Waals surface area contributed by atoms with E-state index < -0.39 is 0 Å². The summed E-state index contributed by atoms with van der Waals surface area (Å²) in [5, 5.41) is 23.4. The molecular weight excluding hydrogens is 344 g/mol. The van der Waals surface area contributed by atoms with Crippen LogP contribution in [0.4, 0.5) is 5.69 Å². The number of nitrogens with one attached hydrogen (secondary N) is 1. The molecular formula is C20H24N4O3. The van der Waals surface area contributed by atoms with Crippen LogP contribution in [-0.4, -0.2) is 60.5 Å². The summed E-state index contributed by atoms with van der Waals surface area (Å²) in [5.41, 5.74) is 4.95. The van der Waals surface area contributed by atoms with Crippen molar-refractivity contribution in [1.82, 2.24) is 10.3 Å². The minimum Gasteiger partial charge on any atom is -0.508 e. The lowest BCUT2D eigenvalue weighted by molar-refractivity contribution is -0.120. The molecule has 27 heavy (non-hydrogen) atoms. The first kappa shape index (κ1) is 18.7. The number of anilines is 1. The Morgan fingerprint density at radius 1 is 1.11 bits per heavy atom. The van der Waals surface area contributed by atoms with Crippen LogP contribution in [0.2, 0.25) is 0 Å². The zero-order valence-electron chi connectivity index (χ0n) is 15.3. The SMILES string of the molecule is CN1CCN(c2cc(O)ccc2C=NNC(=O)Cc2cccc(O)c2)CC1. The fraction of sp³-hybridized carbons (Fsp3) is 0.300. The molecule has 7 heteroatoms. The van der Waals surface area contributed by atoms with E-state index in [-0.39, 0.29) is 23.8 Å². The third kappa shape index (κ3) is 5.21. The quantitative estimate of drug-likeness (QED) is 0.550. The lowest BCUT2D eigenvalue weighted by atomic mass is 10.1. The third-order valence-electron chi connectivity index (χ3n) is 4.53. The molecule has 1 aliphatic rings. The van der Waals surface area contributed by atoms with Crippen LogP contribution >= 0.6 is 0 Å². The Kier molecular flexibility index (Phi) is 5.93. The van der Waals surface area contributed by atoms with Crippen LogP contribution < -0.4 is 10.3 Å². The number of hydrazone groups is 1. The summed E-state index contributed by atoms with van der Waals surface area (Å²) < 4.78 is 0. The van der Waals surface area contributed by atoms with Gasteiger partial charge in [-0.3, -0.25) is 4.79 Å². The smallest absolute Gasteiger partial charge is 0.244 e. The number of hydrogen-bond acceptors (Lipinski definition) is 6. The minimum absolute atomic E-state index is 0.129. The van der Waals surface area contributed by atoms with Gasteiger partial charge in [-0.15, -0.1) is 0 Å². The molecule has 1 fully saturated rings. The van der Waals surface area contributed by atoms with Gasteiger partial charge in [0.15, 0.2) is 0 Å². The lowest BCUT2D eigenvalue weighted by Gasteiger charge is -2.34. The Hall–Kier alpha value is -3.06. The molecule has 7 nitrogen and oxygen atoms in total. The second-order valence-corrected chi connectivity index (χ2v) is 6.67. The number of phenolic OH excluding ortho intramolecular Hbond substituents is 2. The highest BCUT2D eigenvalue weighted by Crippen LogP contribution is 2.25. The summed E-state index contributed by atoms with van der Waals surface area (Å²) in [6.45, 7) is 3.63. The van der Waals surface area contributed by atoms with E-state index in [0.29, 0.717) is 5.56 Å². The number of likely N-dealkylation sites (N-methyl/N-ethyl adjacent to an activating group) is 1. The Bertz CT molecular complexity index is 830. The van der Waals surface area contributed by atoms with E-state index in [1.807, 2.05) is 0 Å². The normalized spacial score (nSPS) is 15.2. The molecule has 0 aliphatic carbocycles. The first-order valence-corrected chi connectivity index (χ1v) is 8.87. The Labute approximate surface area is 158 Å². The Morgan fingerprint density at radius 3 is 2.59 bits per heavy atom. The molecule has 2 aromatic carbocycles. The average Bonchev–Trinajstić information content (AvgIpc) is 2.63. The second-order valence-electron chi connectivity index (χ2n) is 6.67. The van der Waals surface area contributed by atoms with Gasteiger partial charge in [0.25, 0.3) is 0 Å². The molecule has 0 radical (unpaired) electrons. The van der Waals surface area contributed by atoms with Crippen molar-refractivity contribution in [2.45, 2.75) is 6.42 Å². The van der Waals surface area contributed by atoms with Crippen LogP contribution in [0.5, 0.6) is 11.5 Å². The number of phenols is 2. The number of rotatable bonds is 5. The topological polar surface area (TPSA) is 88.4 Å². The van der Waals surface area contributed by atoms with Gasteiger partial charge in [-0.25, -0.2) is 5.43 Å². The highest BCUT2D eigenvalue weighted by molar-refractivity contribution is 5.89. The van der Waals surface area contributed by atoms with Crippen LogP contribution in [0.3, 0.4) is 0 Å². The van der Waals surface area contributed by atoms with Gasteiger partial charge in [-0.1, -0.05) is 12.1 Å². The van der Waals surface area contributed by atoms with Gasteiger partial charge >= 0.3 is 0 Å². The number of piperazine rings is 1. The lowest BCUT2D eigenvalue weighted by Crippen LogP contribution is -2.44. The molecule has 1 heterocycles. The number of carbonyl (C=O) groups is 1. The molecule has 0 bridgehead atoms. The van der Waals surface area contributed by atoms with E-state index in [4.69, 9.17) is 0 Å². The maximum Gasteiger partial charge on any atom is 0.244 e. The van der Waals surface area contributed by atoms with Crippen LogP contribution in [0.25, 0.3) is 0 Å². The zero-order valence-corrected chi connectivity index (χ0v) is 15.3. The summed E-state index contributed by atoms with van der Waals surface area (Å²) in [5.74, 6) is 0.0653. The average molecular weight is 368 g/mol. The number of carbonyl (C=O) groups excluding carboxylic acids is 1. The summed E-state index contributed by atoms with van der Waals surface area (Å²) >= 11 is 0. The summed E-state index contributed by atoms with van der Waals surface area (Å²) in [6.07, 6.45) is 1.72. The molecule has 0 spiro atoms. The number of hydrogen-bond donors (Lipinski definition) is 3. The zero-order chi connectivity index (χ0) is 19.2. The molecule has 0 aromatic heterocycles. The van der Waals surface area contributed by atoms with Crippen molar-refractivity contribution >= 4 is 17.8 Å². The standard InChI is InChI=1S/C20H24N4O3/c1-23-7-9-24(10-8-23)19-13-18(26)6-5-16(19)14-21-22-20(27)12-15-3-2-4-17(25)11-15/h2-6,11,13-14,25-26H,7-10,12H2,1H3,(H,22,27).